The average Bonchev–Trinajstić information content (AvgIpc) is 2.75. The lowest BCUT2D eigenvalue weighted by atomic mass is 10.1. The number of hydrogen-bond acceptors (Lipinski definition) is 4. The van der Waals surface area contributed by atoms with E-state index < -0.39 is 11.5 Å². The van der Waals surface area contributed by atoms with Gasteiger partial charge in [-0.2, -0.15) is 0 Å². The molecular weight excluding hydrogens is 400 g/mol. The van der Waals surface area contributed by atoms with Crippen molar-refractivity contribution in [3.05, 3.63) is 105 Å². The lowest BCUT2D eigenvalue weighted by Gasteiger charge is -2.17. The topological polar surface area (TPSA) is 71.3 Å². The number of rotatable bonds is 5. The number of amides is 1. The molecule has 30 heavy (non-hydrogen) atoms. The Morgan fingerprint density at radius 2 is 1.70 bits per heavy atom. The lowest BCUT2D eigenvalue weighted by Crippen LogP contribution is -2.20. The molecule has 5 nitrogen and oxygen atoms in total. The van der Waals surface area contributed by atoms with Crippen molar-refractivity contribution in [1.82, 2.24) is 0 Å². The molecule has 3 aromatic carbocycles. The molecule has 0 saturated carbocycles. The summed E-state index contributed by atoms with van der Waals surface area (Å²) in [5.74, 6) is -0.552. The molecule has 1 aromatic heterocycles. The SMILES string of the molecule is C[C@@H](Nc1ccc(NC(=O)c2cc3ccccc3oc2=O)cc1Cl)c1ccccc1. The Kier molecular flexibility index (Phi) is 5.55. The molecule has 4 rings (SSSR count). The summed E-state index contributed by atoms with van der Waals surface area (Å²) in [6.07, 6.45) is 0. The zero-order valence-corrected chi connectivity index (χ0v) is 16.9. The minimum Gasteiger partial charge on any atom is -0.422 e. The van der Waals surface area contributed by atoms with Crippen LogP contribution in [-0.2, 0) is 0 Å². The number of fused-ring (bicyclic) bond motifs is 1. The maximum Gasteiger partial charge on any atom is 0.349 e. The van der Waals surface area contributed by atoms with Crippen LogP contribution in [-0.4, -0.2) is 5.91 Å². The van der Waals surface area contributed by atoms with Gasteiger partial charge in [-0.15, -0.1) is 0 Å². The summed E-state index contributed by atoms with van der Waals surface area (Å²) in [5.41, 5.74) is 2.04. The summed E-state index contributed by atoms with van der Waals surface area (Å²) in [5, 5.41) is 7.20. The fourth-order valence-electron chi connectivity index (χ4n) is 3.19. The normalized spacial score (nSPS) is 11.8. The molecule has 1 atom stereocenters. The second-order valence-corrected chi connectivity index (χ2v) is 7.32. The maximum atomic E-state index is 12.6. The molecule has 150 valence electrons. The molecule has 0 fully saturated rings. The molecule has 0 bridgehead atoms. The van der Waals surface area contributed by atoms with E-state index in [-0.39, 0.29) is 11.6 Å². The molecule has 0 spiro atoms. The van der Waals surface area contributed by atoms with Crippen molar-refractivity contribution in [3.8, 4) is 0 Å². The van der Waals surface area contributed by atoms with Crippen molar-refractivity contribution >= 4 is 39.9 Å². The number of halogens is 1. The standard InChI is InChI=1S/C24H19ClN2O3/c1-15(16-7-3-2-4-8-16)26-21-12-11-18(14-20(21)25)27-23(28)19-13-17-9-5-6-10-22(17)30-24(19)29/h2-15,26H,1H3,(H,27,28)/t15-/m1/s1. The molecule has 0 saturated heterocycles. The van der Waals surface area contributed by atoms with E-state index in [1.165, 1.54) is 6.07 Å². The van der Waals surface area contributed by atoms with Gasteiger partial charge in [0.1, 0.15) is 11.1 Å². The van der Waals surface area contributed by atoms with Crippen LogP contribution in [0.5, 0.6) is 0 Å². The summed E-state index contributed by atoms with van der Waals surface area (Å²) in [6, 6.07) is 23.8. The molecule has 6 heteroatoms. The third-order valence-electron chi connectivity index (χ3n) is 4.78. The van der Waals surface area contributed by atoms with Gasteiger partial charge in [0.2, 0.25) is 0 Å². The van der Waals surface area contributed by atoms with Crippen molar-refractivity contribution in [2.75, 3.05) is 10.6 Å². The highest BCUT2D eigenvalue weighted by Gasteiger charge is 2.15. The fourth-order valence-corrected chi connectivity index (χ4v) is 3.42. The van der Waals surface area contributed by atoms with Gasteiger partial charge in [0.05, 0.1) is 10.7 Å². The van der Waals surface area contributed by atoms with Gasteiger partial charge in [-0.25, -0.2) is 4.79 Å². The average molecular weight is 419 g/mol. The predicted octanol–water partition coefficient (Wildman–Crippen LogP) is 5.87. The van der Waals surface area contributed by atoms with Gasteiger partial charge >= 0.3 is 5.63 Å². The van der Waals surface area contributed by atoms with Gasteiger partial charge in [-0.05, 0) is 42.8 Å². The van der Waals surface area contributed by atoms with Crippen LogP contribution in [0.4, 0.5) is 11.4 Å². The van der Waals surface area contributed by atoms with Crippen molar-refractivity contribution in [2.45, 2.75) is 13.0 Å². The molecule has 4 aromatic rings. The summed E-state index contributed by atoms with van der Waals surface area (Å²) < 4.78 is 5.23. The first-order valence-electron chi connectivity index (χ1n) is 9.46. The monoisotopic (exact) mass is 418 g/mol. The summed E-state index contributed by atoms with van der Waals surface area (Å²) in [6.45, 7) is 2.04. The van der Waals surface area contributed by atoms with Crippen molar-refractivity contribution in [2.24, 2.45) is 0 Å². The minimum atomic E-state index is -0.688. The molecule has 0 aliphatic rings. The molecule has 0 aliphatic carbocycles. The first-order chi connectivity index (χ1) is 14.5. The zero-order valence-electron chi connectivity index (χ0n) is 16.2. The van der Waals surface area contributed by atoms with Crippen LogP contribution in [0.25, 0.3) is 11.0 Å². The van der Waals surface area contributed by atoms with Crippen LogP contribution in [0.2, 0.25) is 5.02 Å². The van der Waals surface area contributed by atoms with E-state index in [4.69, 9.17) is 16.0 Å². The number of hydrogen-bond donors (Lipinski definition) is 2. The second-order valence-electron chi connectivity index (χ2n) is 6.91. The Balaban J connectivity index is 1.51. The Morgan fingerprint density at radius 3 is 2.47 bits per heavy atom. The molecule has 2 N–H and O–H groups in total. The van der Waals surface area contributed by atoms with Crippen LogP contribution in [0, 0.1) is 0 Å². The van der Waals surface area contributed by atoms with Crippen LogP contribution in [0.1, 0.15) is 28.9 Å². The zero-order chi connectivity index (χ0) is 21.1. The first kappa shape index (κ1) is 19.7. The predicted molar refractivity (Wildman–Crippen MR) is 120 cm³/mol. The van der Waals surface area contributed by atoms with Crippen LogP contribution in [0.3, 0.4) is 0 Å². The smallest absolute Gasteiger partial charge is 0.349 e. The summed E-state index contributed by atoms with van der Waals surface area (Å²) >= 11 is 6.41. The third-order valence-corrected chi connectivity index (χ3v) is 5.10. The highest BCUT2D eigenvalue weighted by atomic mass is 35.5. The van der Waals surface area contributed by atoms with E-state index in [9.17, 15) is 9.59 Å². The maximum absolute atomic E-state index is 12.6. The van der Waals surface area contributed by atoms with Crippen molar-refractivity contribution in [3.63, 3.8) is 0 Å². The quantitative estimate of drug-likeness (QED) is 0.397. The van der Waals surface area contributed by atoms with E-state index in [2.05, 4.69) is 10.6 Å². The third kappa shape index (κ3) is 4.21. The van der Waals surface area contributed by atoms with E-state index in [0.29, 0.717) is 21.7 Å². The van der Waals surface area contributed by atoms with E-state index in [0.717, 1.165) is 11.3 Å². The van der Waals surface area contributed by atoms with Crippen LogP contribution < -0.4 is 16.3 Å². The summed E-state index contributed by atoms with van der Waals surface area (Å²) in [4.78, 5) is 24.8. The molecule has 0 unspecified atom stereocenters. The van der Waals surface area contributed by atoms with Crippen LogP contribution in [0.15, 0.2) is 88.1 Å². The number of carbonyl (C=O) groups excluding carboxylic acids is 1. The fraction of sp³-hybridized carbons (Fsp3) is 0.0833. The Bertz CT molecular complexity index is 1270. The molecule has 1 heterocycles. The van der Waals surface area contributed by atoms with E-state index in [1.54, 1.807) is 36.4 Å². The van der Waals surface area contributed by atoms with Gasteiger partial charge in [0, 0.05) is 17.1 Å². The molecule has 1 amide bonds. The van der Waals surface area contributed by atoms with Gasteiger partial charge in [0.25, 0.3) is 5.91 Å². The minimum absolute atomic E-state index is 0.0615. The number of nitrogens with one attached hydrogen (secondary N) is 2. The van der Waals surface area contributed by atoms with Gasteiger partial charge < -0.3 is 15.1 Å². The van der Waals surface area contributed by atoms with Gasteiger partial charge in [0.15, 0.2) is 0 Å². The Hall–Kier alpha value is -3.57. The lowest BCUT2D eigenvalue weighted by molar-refractivity contribution is 0.102. The highest BCUT2D eigenvalue weighted by Crippen LogP contribution is 2.29. The molecular formula is C24H19ClN2O3. The van der Waals surface area contributed by atoms with E-state index in [1.807, 2.05) is 43.3 Å². The Labute approximate surface area is 178 Å². The Morgan fingerprint density at radius 1 is 0.967 bits per heavy atom. The largest absolute Gasteiger partial charge is 0.422 e. The number of anilines is 2. The highest BCUT2D eigenvalue weighted by molar-refractivity contribution is 6.33. The van der Waals surface area contributed by atoms with Gasteiger partial charge in [-0.3, -0.25) is 4.79 Å². The second kappa shape index (κ2) is 8.43. The number of benzene rings is 3. The summed E-state index contributed by atoms with van der Waals surface area (Å²) in [7, 11) is 0. The molecule has 0 radical (unpaired) electrons. The van der Waals surface area contributed by atoms with Crippen LogP contribution >= 0.6 is 11.6 Å². The first-order valence-corrected chi connectivity index (χ1v) is 9.84. The molecule has 0 aliphatic heterocycles. The van der Waals surface area contributed by atoms with E-state index >= 15 is 0 Å². The number of carbonyl (C=O) groups is 1. The van der Waals surface area contributed by atoms with Gasteiger partial charge in [-0.1, -0.05) is 60.1 Å². The number of para-hydroxylation sites is 1. The van der Waals surface area contributed by atoms with Crippen molar-refractivity contribution in [1.29, 1.82) is 0 Å². The van der Waals surface area contributed by atoms with Crippen molar-refractivity contribution < 1.29 is 9.21 Å².